The molecule has 2 aromatic rings. The van der Waals surface area contributed by atoms with Crippen LogP contribution in [0.25, 0.3) is 17.1 Å². The molecule has 1 N–H and O–H groups in total. The van der Waals surface area contributed by atoms with Crippen molar-refractivity contribution >= 4 is 17.1 Å². The number of nitrogens with one attached hydrogen (secondary N) is 1. The topological polar surface area (TPSA) is 28.7 Å². The van der Waals surface area contributed by atoms with Crippen molar-refractivity contribution in [3.05, 3.63) is 36.2 Å². The molecule has 0 aliphatic heterocycles. The summed E-state index contributed by atoms with van der Waals surface area (Å²) >= 11 is 0. The Morgan fingerprint density at radius 1 is 1.58 bits per heavy atom. The van der Waals surface area contributed by atoms with Gasteiger partial charge in [0, 0.05) is 17.3 Å². The first-order valence-corrected chi connectivity index (χ1v) is 3.88. The lowest BCUT2D eigenvalue weighted by atomic mass is 10.1. The van der Waals surface area contributed by atoms with E-state index < -0.39 is 0 Å². The van der Waals surface area contributed by atoms with Crippen LogP contribution in [0.15, 0.2) is 24.9 Å². The lowest BCUT2D eigenvalue weighted by Crippen LogP contribution is -1.84. The van der Waals surface area contributed by atoms with Crippen LogP contribution < -0.4 is 0 Å². The first-order valence-electron chi connectivity index (χ1n) is 3.88. The Morgan fingerprint density at radius 3 is 3.17 bits per heavy atom. The van der Waals surface area contributed by atoms with Gasteiger partial charge in [-0.25, -0.2) is 4.98 Å². The largest absolute Gasteiger partial charge is 0.346 e. The molecule has 0 saturated carbocycles. The average Bonchev–Trinajstić information content (AvgIpc) is 2.50. The van der Waals surface area contributed by atoms with Crippen molar-refractivity contribution in [1.82, 2.24) is 9.97 Å². The zero-order valence-electron chi connectivity index (χ0n) is 6.96. The third kappa shape index (κ3) is 0.925. The maximum Gasteiger partial charge on any atom is 0.138 e. The Morgan fingerprint density at radius 2 is 2.42 bits per heavy atom. The van der Waals surface area contributed by atoms with Crippen LogP contribution in [-0.4, -0.2) is 9.97 Å². The summed E-state index contributed by atoms with van der Waals surface area (Å²) in [6.45, 7) is 5.74. The number of hydrogen-bond donors (Lipinski definition) is 1. The zero-order valence-corrected chi connectivity index (χ0v) is 6.96. The second-order valence-corrected chi connectivity index (χ2v) is 2.80. The van der Waals surface area contributed by atoms with Crippen LogP contribution in [0.3, 0.4) is 0 Å². The minimum Gasteiger partial charge on any atom is -0.346 e. The van der Waals surface area contributed by atoms with Crippen molar-refractivity contribution in [1.29, 1.82) is 0 Å². The monoisotopic (exact) mass is 158 g/mol. The predicted octanol–water partition coefficient (Wildman–Crippen LogP) is 2.51. The van der Waals surface area contributed by atoms with Crippen molar-refractivity contribution in [3.8, 4) is 0 Å². The van der Waals surface area contributed by atoms with E-state index in [1.54, 1.807) is 0 Å². The van der Waals surface area contributed by atoms with E-state index in [1.165, 1.54) is 0 Å². The van der Waals surface area contributed by atoms with E-state index in [-0.39, 0.29) is 0 Å². The van der Waals surface area contributed by atoms with Crippen molar-refractivity contribution in [2.45, 2.75) is 6.92 Å². The summed E-state index contributed by atoms with van der Waals surface area (Å²) in [5.41, 5.74) is 3.09. The zero-order chi connectivity index (χ0) is 8.55. The fraction of sp³-hybridized carbons (Fsp3) is 0.100. The highest BCUT2D eigenvalue weighted by atomic mass is 14.8. The molecule has 0 unspecified atom stereocenters. The summed E-state index contributed by atoms with van der Waals surface area (Å²) < 4.78 is 0. The van der Waals surface area contributed by atoms with Gasteiger partial charge in [-0.3, -0.25) is 0 Å². The minimum absolute atomic E-state index is 0.935. The fourth-order valence-electron chi connectivity index (χ4n) is 1.37. The third-order valence-electron chi connectivity index (χ3n) is 1.91. The highest BCUT2D eigenvalue weighted by Crippen LogP contribution is 2.17. The number of hydrogen-bond acceptors (Lipinski definition) is 1. The van der Waals surface area contributed by atoms with Crippen molar-refractivity contribution in [2.24, 2.45) is 0 Å². The molecule has 0 fully saturated rings. The van der Waals surface area contributed by atoms with E-state index >= 15 is 0 Å². The molecule has 0 radical (unpaired) electrons. The number of aromatic amines is 1. The maximum absolute atomic E-state index is 4.34. The van der Waals surface area contributed by atoms with Crippen LogP contribution >= 0.6 is 0 Å². The van der Waals surface area contributed by atoms with Crippen LogP contribution in [0.4, 0.5) is 0 Å². The Hall–Kier alpha value is -1.57. The standard InChI is InChI=1S/C10H10N2/c1-3-8-6-7(2)12-10-9(8)4-5-11-10/h3-6H,1H2,2H3,(H,11,12). The number of aryl methyl sites for hydroxylation is 1. The number of pyridine rings is 1. The van der Waals surface area contributed by atoms with Gasteiger partial charge in [0.1, 0.15) is 5.65 Å². The van der Waals surface area contributed by atoms with Crippen LogP contribution in [0.2, 0.25) is 0 Å². The molecule has 2 aromatic heterocycles. The van der Waals surface area contributed by atoms with Gasteiger partial charge in [-0.2, -0.15) is 0 Å². The summed E-state index contributed by atoms with van der Waals surface area (Å²) in [6.07, 6.45) is 3.74. The van der Waals surface area contributed by atoms with Gasteiger partial charge < -0.3 is 4.98 Å². The number of nitrogens with zero attached hydrogens (tertiary/aromatic N) is 1. The Balaban J connectivity index is 2.88. The highest BCUT2D eigenvalue weighted by molar-refractivity contribution is 5.85. The van der Waals surface area contributed by atoms with E-state index in [2.05, 4.69) is 16.5 Å². The van der Waals surface area contributed by atoms with E-state index in [1.807, 2.05) is 31.3 Å². The molecule has 12 heavy (non-hydrogen) atoms. The summed E-state index contributed by atoms with van der Waals surface area (Å²) in [4.78, 5) is 7.42. The van der Waals surface area contributed by atoms with Gasteiger partial charge in [0.2, 0.25) is 0 Å². The second kappa shape index (κ2) is 2.48. The van der Waals surface area contributed by atoms with Gasteiger partial charge in [-0.05, 0) is 24.6 Å². The van der Waals surface area contributed by atoms with Gasteiger partial charge in [0.15, 0.2) is 0 Å². The Kier molecular flexibility index (Phi) is 1.47. The SMILES string of the molecule is C=Cc1cc(C)nc2[nH]ccc12. The molecule has 2 rings (SSSR count). The molecule has 0 aliphatic rings. The lowest BCUT2D eigenvalue weighted by Gasteiger charge is -1.97. The first kappa shape index (κ1) is 7.10. The average molecular weight is 158 g/mol. The summed E-state index contributed by atoms with van der Waals surface area (Å²) in [6, 6.07) is 4.04. The molecule has 2 heteroatoms. The first-order chi connectivity index (χ1) is 5.81. The third-order valence-corrected chi connectivity index (χ3v) is 1.91. The number of H-pyrrole nitrogens is 1. The maximum atomic E-state index is 4.34. The van der Waals surface area contributed by atoms with Gasteiger partial charge in [0.05, 0.1) is 0 Å². The molecule has 0 saturated heterocycles. The van der Waals surface area contributed by atoms with Crippen molar-refractivity contribution in [2.75, 3.05) is 0 Å². The molecular weight excluding hydrogens is 148 g/mol. The Labute approximate surface area is 70.9 Å². The quantitative estimate of drug-likeness (QED) is 0.678. The van der Waals surface area contributed by atoms with Gasteiger partial charge in [-0.1, -0.05) is 12.7 Å². The van der Waals surface area contributed by atoms with E-state index in [0.29, 0.717) is 0 Å². The Bertz CT molecular complexity index is 426. The van der Waals surface area contributed by atoms with Gasteiger partial charge in [-0.15, -0.1) is 0 Å². The van der Waals surface area contributed by atoms with Crippen LogP contribution in [0.5, 0.6) is 0 Å². The molecule has 2 nitrogen and oxygen atoms in total. The van der Waals surface area contributed by atoms with E-state index in [4.69, 9.17) is 0 Å². The summed E-state index contributed by atoms with van der Waals surface area (Å²) in [5.74, 6) is 0. The molecule has 0 amide bonds. The normalized spacial score (nSPS) is 10.4. The predicted molar refractivity (Wildman–Crippen MR) is 50.9 cm³/mol. The molecular formula is C10H10N2. The van der Waals surface area contributed by atoms with E-state index in [0.717, 1.165) is 22.3 Å². The minimum atomic E-state index is 0.935. The van der Waals surface area contributed by atoms with Gasteiger partial charge in [0.25, 0.3) is 0 Å². The lowest BCUT2D eigenvalue weighted by molar-refractivity contribution is 1.22. The number of fused-ring (bicyclic) bond motifs is 1. The summed E-state index contributed by atoms with van der Waals surface area (Å²) in [7, 11) is 0. The molecule has 0 spiro atoms. The molecule has 0 aliphatic carbocycles. The molecule has 2 heterocycles. The van der Waals surface area contributed by atoms with Crippen molar-refractivity contribution < 1.29 is 0 Å². The number of rotatable bonds is 1. The highest BCUT2D eigenvalue weighted by Gasteiger charge is 2.00. The van der Waals surface area contributed by atoms with Crippen LogP contribution in [0, 0.1) is 6.92 Å². The van der Waals surface area contributed by atoms with Crippen LogP contribution in [0.1, 0.15) is 11.3 Å². The molecule has 60 valence electrons. The fourth-order valence-corrected chi connectivity index (χ4v) is 1.37. The van der Waals surface area contributed by atoms with Gasteiger partial charge >= 0.3 is 0 Å². The molecule has 0 atom stereocenters. The van der Waals surface area contributed by atoms with Crippen molar-refractivity contribution in [3.63, 3.8) is 0 Å². The molecule has 0 aromatic carbocycles. The number of aromatic nitrogens is 2. The smallest absolute Gasteiger partial charge is 0.138 e. The second-order valence-electron chi connectivity index (χ2n) is 2.80. The summed E-state index contributed by atoms with van der Waals surface area (Å²) in [5, 5.41) is 1.13. The van der Waals surface area contributed by atoms with Crippen LogP contribution in [-0.2, 0) is 0 Å². The van der Waals surface area contributed by atoms with E-state index in [9.17, 15) is 0 Å². The molecule has 0 bridgehead atoms.